The minimum atomic E-state index is -0.346. The molecule has 0 radical (unpaired) electrons. The second kappa shape index (κ2) is 6.40. The van der Waals surface area contributed by atoms with Gasteiger partial charge in [0.05, 0.1) is 12.1 Å². The standard InChI is InChI=1S/C14H22N2O2/c1-9(2)18-13-7-5-12(6-8-13)10(3)16-11(4)14(15)17/h5-11,16H,1-4H3,(H2,15,17). The maximum absolute atomic E-state index is 11.0. The summed E-state index contributed by atoms with van der Waals surface area (Å²) >= 11 is 0. The maximum atomic E-state index is 11.0. The number of nitrogens with one attached hydrogen (secondary N) is 1. The van der Waals surface area contributed by atoms with Crippen molar-refractivity contribution < 1.29 is 9.53 Å². The molecule has 2 unspecified atom stereocenters. The van der Waals surface area contributed by atoms with E-state index >= 15 is 0 Å². The maximum Gasteiger partial charge on any atom is 0.234 e. The molecule has 0 aromatic heterocycles. The van der Waals surface area contributed by atoms with Crippen LogP contribution in [-0.2, 0) is 4.79 Å². The van der Waals surface area contributed by atoms with Crippen LogP contribution in [-0.4, -0.2) is 18.1 Å². The van der Waals surface area contributed by atoms with Crippen LogP contribution in [0.3, 0.4) is 0 Å². The number of hydrogen-bond donors (Lipinski definition) is 2. The van der Waals surface area contributed by atoms with Crippen molar-refractivity contribution in [3.63, 3.8) is 0 Å². The lowest BCUT2D eigenvalue weighted by molar-refractivity contribution is -0.119. The Kier molecular flexibility index (Phi) is 5.16. The van der Waals surface area contributed by atoms with Crippen LogP contribution in [0.5, 0.6) is 5.75 Å². The van der Waals surface area contributed by atoms with Crippen LogP contribution >= 0.6 is 0 Å². The minimum absolute atomic E-state index is 0.0700. The predicted molar refractivity (Wildman–Crippen MR) is 72.4 cm³/mol. The van der Waals surface area contributed by atoms with Gasteiger partial charge in [0.15, 0.2) is 0 Å². The normalized spacial score (nSPS) is 14.3. The van der Waals surface area contributed by atoms with Crippen molar-refractivity contribution in [1.82, 2.24) is 5.32 Å². The molecular weight excluding hydrogens is 228 g/mol. The average molecular weight is 250 g/mol. The van der Waals surface area contributed by atoms with Gasteiger partial charge in [-0.3, -0.25) is 10.1 Å². The summed E-state index contributed by atoms with van der Waals surface area (Å²) in [6, 6.07) is 7.57. The average Bonchev–Trinajstić information content (AvgIpc) is 2.28. The minimum Gasteiger partial charge on any atom is -0.491 e. The summed E-state index contributed by atoms with van der Waals surface area (Å²) in [6.45, 7) is 7.74. The molecule has 0 aliphatic carbocycles. The van der Waals surface area contributed by atoms with Crippen molar-refractivity contribution in [2.24, 2.45) is 5.73 Å². The first-order chi connectivity index (χ1) is 8.40. The quantitative estimate of drug-likeness (QED) is 0.811. The highest BCUT2D eigenvalue weighted by atomic mass is 16.5. The Labute approximate surface area is 109 Å². The highest BCUT2D eigenvalue weighted by Gasteiger charge is 2.13. The predicted octanol–water partition coefficient (Wildman–Crippen LogP) is 2.00. The Morgan fingerprint density at radius 2 is 1.72 bits per heavy atom. The van der Waals surface area contributed by atoms with Crippen LogP contribution in [0.1, 0.15) is 39.3 Å². The molecule has 100 valence electrons. The first-order valence-corrected chi connectivity index (χ1v) is 6.22. The van der Waals surface area contributed by atoms with Gasteiger partial charge in [-0.05, 0) is 45.4 Å². The van der Waals surface area contributed by atoms with E-state index in [1.807, 2.05) is 45.0 Å². The van der Waals surface area contributed by atoms with Crippen LogP contribution in [0.2, 0.25) is 0 Å². The van der Waals surface area contributed by atoms with Crippen LogP contribution in [0.15, 0.2) is 24.3 Å². The summed E-state index contributed by atoms with van der Waals surface area (Å²) in [5.41, 5.74) is 6.32. The van der Waals surface area contributed by atoms with Gasteiger partial charge in [0.25, 0.3) is 0 Å². The lowest BCUT2D eigenvalue weighted by atomic mass is 10.1. The van der Waals surface area contributed by atoms with Gasteiger partial charge < -0.3 is 10.5 Å². The van der Waals surface area contributed by atoms with Gasteiger partial charge in [-0.2, -0.15) is 0 Å². The first-order valence-electron chi connectivity index (χ1n) is 6.22. The van der Waals surface area contributed by atoms with Gasteiger partial charge in [-0.25, -0.2) is 0 Å². The topological polar surface area (TPSA) is 64.3 Å². The third kappa shape index (κ3) is 4.37. The fourth-order valence-corrected chi connectivity index (χ4v) is 1.66. The van der Waals surface area contributed by atoms with E-state index in [1.165, 1.54) is 0 Å². The number of primary amides is 1. The van der Waals surface area contributed by atoms with E-state index < -0.39 is 0 Å². The van der Waals surface area contributed by atoms with Crippen LogP contribution in [0, 0.1) is 0 Å². The number of carbonyl (C=O) groups is 1. The van der Waals surface area contributed by atoms with E-state index in [0.29, 0.717) is 0 Å². The van der Waals surface area contributed by atoms with Gasteiger partial charge in [-0.1, -0.05) is 12.1 Å². The number of ether oxygens (including phenoxy) is 1. The molecule has 3 N–H and O–H groups in total. The van der Waals surface area contributed by atoms with Gasteiger partial charge in [0, 0.05) is 6.04 Å². The monoisotopic (exact) mass is 250 g/mol. The zero-order valence-corrected chi connectivity index (χ0v) is 11.4. The summed E-state index contributed by atoms with van der Waals surface area (Å²) in [7, 11) is 0. The lowest BCUT2D eigenvalue weighted by Crippen LogP contribution is -2.39. The highest BCUT2D eigenvalue weighted by Crippen LogP contribution is 2.18. The third-order valence-electron chi connectivity index (χ3n) is 2.68. The second-order valence-electron chi connectivity index (χ2n) is 4.75. The molecule has 2 atom stereocenters. The first kappa shape index (κ1) is 14.5. The van der Waals surface area contributed by atoms with Gasteiger partial charge in [-0.15, -0.1) is 0 Å². The zero-order valence-electron chi connectivity index (χ0n) is 11.4. The summed E-state index contributed by atoms with van der Waals surface area (Å²) in [5, 5.41) is 3.14. The largest absolute Gasteiger partial charge is 0.491 e. The SMILES string of the molecule is CC(C)Oc1ccc(C(C)NC(C)C(N)=O)cc1. The molecule has 1 aromatic carbocycles. The van der Waals surface area contributed by atoms with Crippen molar-refractivity contribution in [3.8, 4) is 5.75 Å². The van der Waals surface area contributed by atoms with Crippen molar-refractivity contribution in [2.45, 2.75) is 45.9 Å². The third-order valence-corrected chi connectivity index (χ3v) is 2.68. The molecule has 0 saturated heterocycles. The fourth-order valence-electron chi connectivity index (χ4n) is 1.66. The van der Waals surface area contributed by atoms with Crippen LogP contribution in [0.4, 0.5) is 0 Å². The lowest BCUT2D eigenvalue weighted by Gasteiger charge is -2.18. The Hall–Kier alpha value is -1.55. The molecule has 4 heteroatoms. The van der Waals surface area contributed by atoms with Crippen molar-refractivity contribution >= 4 is 5.91 Å². The smallest absolute Gasteiger partial charge is 0.234 e. The van der Waals surface area contributed by atoms with Gasteiger partial charge >= 0.3 is 0 Å². The Morgan fingerprint density at radius 3 is 2.17 bits per heavy atom. The second-order valence-corrected chi connectivity index (χ2v) is 4.75. The molecule has 0 aliphatic rings. The molecule has 0 saturated carbocycles. The Morgan fingerprint density at radius 1 is 1.17 bits per heavy atom. The molecule has 0 fully saturated rings. The van der Waals surface area contributed by atoms with Crippen molar-refractivity contribution in [3.05, 3.63) is 29.8 Å². The molecule has 1 rings (SSSR count). The van der Waals surface area contributed by atoms with Crippen molar-refractivity contribution in [2.75, 3.05) is 0 Å². The molecule has 1 amide bonds. The zero-order chi connectivity index (χ0) is 13.7. The molecule has 1 aromatic rings. The molecular formula is C14H22N2O2. The molecule has 4 nitrogen and oxygen atoms in total. The summed E-state index contributed by atoms with van der Waals surface area (Å²) < 4.78 is 5.57. The molecule has 0 spiro atoms. The van der Waals surface area contributed by atoms with E-state index in [0.717, 1.165) is 11.3 Å². The molecule has 18 heavy (non-hydrogen) atoms. The van der Waals surface area contributed by atoms with E-state index in [4.69, 9.17) is 10.5 Å². The van der Waals surface area contributed by atoms with Gasteiger partial charge in [0.1, 0.15) is 5.75 Å². The highest BCUT2D eigenvalue weighted by molar-refractivity contribution is 5.79. The number of nitrogens with two attached hydrogens (primary N) is 1. The number of carbonyl (C=O) groups excluding carboxylic acids is 1. The molecule has 0 bridgehead atoms. The molecule has 0 aliphatic heterocycles. The molecule has 0 heterocycles. The summed E-state index contributed by atoms with van der Waals surface area (Å²) in [6.07, 6.45) is 0.168. The van der Waals surface area contributed by atoms with Crippen molar-refractivity contribution in [1.29, 1.82) is 0 Å². The Balaban J connectivity index is 2.64. The van der Waals surface area contributed by atoms with Gasteiger partial charge in [0.2, 0.25) is 5.91 Å². The summed E-state index contributed by atoms with van der Waals surface area (Å²) in [5.74, 6) is 0.505. The number of benzene rings is 1. The van der Waals surface area contributed by atoms with Crippen LogP contribution < -0.4 is 15.8 Å². The number of amides is 1. The Bertz CT molecular complexity index is 387. The van der Waals surface area contributed by atoms with E-state index in [1.54, 1.807) is 6.92 Å². The number of hydrogen-bond acceptors (Lipinski definition) is 3. The van der Waals surface area contributed by atoms with E-state index in [9.17, 15) is 4.79 Å². The summed E-state index contributed by atoms with van der Waals surface area (Å²) in [4.78, 5) is 11.0. The number of rotatable bonds is 6. The van der Waals surface area contributed by atoms with E-state index in [-0.39, 0.29) is 24.1 Å². The fraction of sp³-hybridized carbons (Fsp3) is 0.500. The van der Waals surface area contributed by atoms with Crippen LogP contribution in [0.25, 0.3) is 0 Å². The van der Waals surface area contributed by atoms with E-state index in [2.05, 4.69) is 5.32 Å².